The largest absolute Gasteiger partial charge is 0.348 e. The van der Waals surface area contributed by atoms with E-state index in [1.807, 2.05) is 37.3 Å². The Morgan fingerprint density at radius 1 is 1.04 bits per heavy atom. The van der Waals surface area contributed by atoms with Crippen molar-refractivity contribution in [1.29, 1.82) is 0 Å². The Morgan fingerprint density at radius 3 is 2.36 bits per heavy atom. The maximum absolute atomic E-state index is 12.7. The molecular formula is C21H23Cl2N3O2. The number of amides is 2. The minimum atomic E-state index is -0.108. The molecule has 3 rings (SSSR count). The van der Waals surface area contributed by atoms with Gasteiger partial charge >= 0.3 is 0 Å². The first-order chi connectivity index (χ1) is 13.4. The summed E-state index contributed by atoms with van der Waals surface area (Å²) in [4.78, 5) is 28.8. The number of benzene rings is 2. The van der Waals surface area contributed by atoms with Gasteiger partial charge in [-0.05, 0) is 30.7 Å². The molecular weight excluding hydrogens is 397 g/mol. The number of carbonyl (C=O) groups is 2. The highest BCUT2D eigenvalue weighted by Gasteiger charge is 2.25. The van der Waals surface area contributed by atoms with Crippen molar-refractivity contribution < 1.29 is 9.59 Å². The van der Waals surface area contributed by atoms with Gasteiger partial charge in [0.05, 0.1) is 23.2 Å². The van der Waals surface area contributed by atoms with Crippen LogP contribution >= 0.6 is 23.2 Å². The minimum absolute atomic E-state index is 0.0168. The van der Waals surface area contributed by atoms with E-state index in [2.05, 4.69) is 10.2 Å². The number of nitrogens with zero attached hydrogens (tertiary/aromatic N) is 2. The Balaban J connectivity index is 1.48. The Labute approximate surface area is 175 Å². The summed E-state index contributed by atoms with van der Waals surface area (Å²) in [5, 5.41) is 3.88. The summed E-state index contributed by atoms with van der Waals surface area (Å²) in [5.74, 6) is -0.125. The van der Waals surface area contributed by atoms with Gasteiger partial charge in [0.25, 0.3) is 5.91 Å². The molecule has 1 fully saturated rings. The van der Waals surface area contributed by atoms with Crippen LogP contribution in [0.3, 0.4) is 0 Å². The molecule has 0 aromatic heterocycles. The van der Waals surface area contributed by atoms with Gasteiger partial charge in [-0.3, -0.25) is 14.5 Å². The summed E-state index contributed by atoms with van der Waals surface area (Å²) >= 11 is 12.0. The van der Waals surface area contributed by atoms with E-state index in [1.54, 1.807) is 23.1 Å². The molecule has 7 heteroatoms. The van der Waals surface area contributed by atoms with E-state index in [0.29, 0.717) is 48.3 Å². The quantitative estimate of drug-likeness (QED) is 0.804. The van der Waals surface area contributed by atoms with Gasteiger partial charge in [-0.2, -0.15) is 0 Å². The van der Waals surface area contributed by atoms with Crippen LogP contribution in [0, 0.1) is 0 Å². The van der Waals surface area contributed by atoms with Crippen LogP contribution in [0.15, 0.2) is 48.5 Å². The van der Waals surface area contributed by atoms with Gasteiger partial charge in [0, 0.05) is 31.2 Å². The fourth-order valence-electron chi connectivity index (χ4n) is 3.26. The van der Waals surface area contributed by atoms with Gasteiger partial charge in [-0.25, -0.2) is 0 Å². The van der Waals surface area contributed by atoms with Crippen LogP contribution in [-0.2, 0) is 4.79 Å². The molecule has 148 valence electrons. The molecule has 2 aromatic rings. The normalized spacial score (nSPS) is 15.9. The predicted octanol–water partition coefficient (Wildman–Crippen LogP) is 3.63. The van der Waals surface area contributed by atoms with Crippen LogP contribution in [-0.4, -0.2) is 54.3 Å². The molecule has 1 N–H and O–H groups in total. The molecule has 2 amide bonds. The van der Waals surface area contributed by atoms with Crippen LogP contribution in [0.5, 0.6) is 0 Å². The highest BCUT2D eigenvalue weighted by atomic mass is 35.5. The van der Waals surface area contributed by atoms with Gasteiger partial charge in [0.1, 0.15) is 0 Å². The van der Waals surface area contributed by atoms with E-state index < -0.39 is 0 Å². The zero-order valence-corrected chi connectivity index (χ0v) is 17.2. The van der Waals surface area contributed by atoms with Crippen molar-refractivity contribution in [2.75, 3.05) is 32.7 Å². The summed E-state index contributed by atoms with van der Waals surface area (Å²) in [6, 6.07) is 14.7. The van der Waals surface area contributed by atoms with Crippen LogP contribution in [0.1, 0.15) is 28.9 Å². The van der Waals surface area contributed by atoms with Crippen molar-refractivity contribution in [2.24, 2.45) is 0 Å². The topological polar surface area (TPSA) is 52.7 Å². The SMILES string of the molecule is CC(NC(=O)CN1CCN(C(=O)c2ccc(Cl)cc2Cl)CC1)c1ccccc1. The smallest absolute Gasteiger partial charge is 0.255 e. The maximum Gasteiger partial charge on any atom is 0.255 e. The molecule has 0 spiro atoms. The Morgan fingerprint density at radius 2 is 1.71 bits per heavy atom. The van der Waals surface area contributed by atoms with Crippen LogP contribution in [0.4, 0.5) is 0 Å². The van der Waals surface area contributed by atoms with E-state index in [9.17, 15) is 9.59 Å². The fraction of sp³-hybridized carbons (Fsp3) is 0.333. The summed E-state index contributed by atoms with van der Waals surface area (Å²) in [6.07, 6.45) is 0. The van der Waals surface area contributed by atoms with E-state index in [4.69, 9.17) is 23.2 Å². The van der Waals surface area contributed by atoms with Crippen LogP contribution in [0.25, 0.3) is 0 Å². The summed E-state index contributed by atoms with van der Waals surface area (Å²) in [5.41, 5.74) is 1.53. The lowest BCUT2D eigenvalue weighted by Gasteiger charge is -2.34. The molecule has 1 aliphatic heterocycles. The Kier molecular flexibility index (Phi) is 6.94. The lowest BCUT2D eigenvalue weighted by atomic mass is 10.1. The molecule has 0 bridgehead atoms. The maximum atomic E-state index is 12.7. The molecule has 28 heavy (non-hydrogen) atoms. The average molecular weight is 420 g/mol. The third kappa shape index (κ3) is 5.25. The van der Waals surface area contributed by atoms with Crippen molar-refractivity contribution in [1.82, 2.24) is 15.1 Å². The number of rotatable bonds is 5. The third-order valence-corrected chi connectivity index (χ3v) is 5.41. The second-order valence-corrected chi connectivity index (χ2v) is 7.74. The number of hydrogen-bond donors (Lipinski definition) is 1. The fourth-order valence-corrected chi connectivity index (χ4v) is 3.75. The van der Waals surface area contributed by atoms with Gasteiger partial charge < -0.3 is 10.2 Å². The van der Waals surface area contributed by atoms with Gasteiger partial charge in [-0.15, -0.1) is 0 Å². The van der Waals surface area contributed by atoms with E-state index >= 15 is 0 Å². The first kappa shape index (κ1) is 20.6. The van der Waals surface area contributed by atoms with Gasteiger partial charge in [-0.1, -0.05) is 53.5 Å². The molecule has 5 nitrogen and oxygen atoms in total. The number of hydrogen-bond acceptors (Lipinski definition) is 3. The molecule has 1 atom stereocenters. The predicted molar refractivity (Wildman–Crippen MR) is 112 cm³/mol. The summed E-state index contributed by atoms with van der Waals surface area (Å²) in [7, 11) is 0. The second-order valence-electron chi connectivity index (χ2n) is 6.89. The number of nitrogens with one attached hydrogen (secondary N) is 1. The number of piperazine rings is 1. The van der Waals surface area contributed by atoms with Crippen LogP contribution < -0.4 is 5.32 Å². The first-order valence-electron chi connectivity index (χ1n) is 9.25. The monoisotopic (exact) mass is 419 g/mol. The zero-order valence-electron chi connectivity index (χ0n) is 15.7. The van der Waals surface area contributed by atoms with Crippen molar-refractivity contribution in [2.45, 2.75) is 13.0 Å². The number of halogens is 2. The van der Waals surface area contributed by atoms with E-state index in [-0.39, 0.29) is 17.9 Å². The molecule has 1 aliphatic rings. The van der Waals surface area contributed by atoms with Crippen molar-refractivity contribution in [3.63, 3.8) is 0 Å². The summed E-state index contributed by atoms with van der Waals surface area (Å²) < 4.78 is 0. The molecule has 0 radical (unpaired) electrons. The second kappa shape index (κ2) is 9.41. The minimum Gasteiger partial charge on any atom is -0.348 e. The van der Waals surface area contributed by atoms with Crippen molar-refractivity contribution in [3.8, 4) is 0 Å². The Bertz CT molecular complexity index is 837. The van der Waals surface area contributed by atoms with Crippen molar-refractivity contribution in [3.05, 3.63) is 69.7 Å². The van der Waals surface area contributed by atoms with Gasteiger partial charge in [0.2, 0.25) is 5.91 Å². The van der Waals surface area contributed by atoms with E-state index in [1.165, 1.54) is 0 Å². The Hall–Kier alpha value is -2.08. The molecule has 1 saturated heterocycles. The summed E-state index contributed by atoms with van der Waals surface area (Å²) in [6.45, 7) is 4.69. The van der Waals surface area contributed by atoms with Crippen LogP contribution in [0.2, 0.25) is 10.0 Å². The zero-order chi connectivity index (χ0) is 20.1. The van der Waals surface area contributed by atoms with E-state index in [0.717, 1.165) is 5.56 Å². The lowest BCUT2D eigenvalue weighted by Crippen LogP contribution is -2.51. The standard InChI is InChI=1S/C21H23Cl2N3O2/c1-15(16-5-3-2-4-6-16)24-20(27)14-25-9-11-26(12-10-25)21(28)18-8-7-17(22)13-19(18)23/h2-8,13,15H,9-12,14H2,1H3,(H,24,27). The highest BCUT2D eigenvalue weighted by molar-refractivity contribution is 6.36. The molecule has 0 aliphatic carbocycles. The molecule has 2 aromatic carbocycles. The molecule has 1 unspecified atom stereocenters. The number of carbonyl (C=O) groups excluding carboxylic acids is 2. The van der Waals surface area contributed by atoms with Crippen molar-refractivity contribution >= 4 is 35.0 Å². The molecule has 1 heterocycles. The lowest BCUT2D eigenvalue weighted by molar-refractivity contribution is -0.123. The first-order valence-corrected chi connectivity index (χ1v) is 10.0. The van der Waals surface area contributed by atoms with Gasteiger partial charge in [0.15, 0.2) is 0 Å². The molecule has 0 saturated carbocycles. The third-order valence-electron chi connectivity index (χ3n) is 4.87. The average Bonchev–Trinajstić information content (AvgIpc) is 2.68. The highest BCUT2D eigenvalue weighted by Crippen LogP contribution is 2.22.